The minimum atomic E-state index is -0.0330. The predicted octanol–water partition coefficient (Wildman–Crippen LogP) is 2.50. The summed E-state index contributed by atoms with van der Waals surface area (Å²) < 4.78 is 1.81. The van der Waals surface area contributed by atoms with E-state index in [9.17, 15) is 4.79 Å². The highest BCUT2D eigenvalue weighted by molar-refractivity contribution is 5.79. The van der Waals surface area contributed by atoms with Crippen molar-refractivity contribution in [2.75, 3.05) is 18.0 Å². The van der Waals surface area contributed by atoms with E-state index in [4.69, 9.17) is 0 Å². The van der Waals surface area contributed by atoms with Crippen LogP contribution in [-0.2, 0) is 11.3 Å². The second kappa shape index (κ2) is 8.21. The van der Waals surface area contributed by atoms with E-state index in [0.717, 1.165) is 36.6 Å². The van der Waals surface area contributed by atoms with Gasteiger partial charge in [-0.05, 0) is 37.5 Å². The monoisotopic (exact) mass is 376 g/mol. The van der Waals surface area contributed by atoms with Crippen molar-refractivity contribution in [1.82, 2.24) is 25.1 Å². The van der Waals surface area contributed by atoms with Gasteiger partial charge in [0.2, 0.25) is 5.91 Å². The number of aromatic nitrogens is 4. The molecular weight excluding hydrogens is 352 g/mol. The standard InChI is InChI=1S/C21H24N6O/c1-16-4-6-17(7-5-16)13-23-21(28)18-3-2-11-26(14-18)19-8-9-20(25-24-19)27-12-10-22-15-27/h4-10,12,15,18H,2-3,11,13-14H2,1H3,(H,23,28). The van der Waals surface area contributed by atoms with Gasteiger partial charge in [0, 0.05) is 32.0 Å². The van der Waals surface area contributed by atoms with Crippen molar-refractivity contribution in [2.45, 2.75) is 26.3 Å². The molecule has 1 aromatic carbocycles. The lowest BCUT2D eigenvalue weighted by Gasteiger charge is -2.32. The van der Waals surface area contributed by atoms with E-state index in [1.807, 2.05) is 22.9 Å². The SMILES string of the molecule is Cc1ccc(CNC(=O)C2CCCN(c3ccc(-n4ccnc4)nn3)C2)cc1. The molecule has 1 N–H and O–H groups in total. The molecule has 2 aromatic heterocycles. The van der Waals surface area contributed by atoms with Gasteiger partial charge in [0.15, 0.2) is 11.6 Å². The maximum absolute atomic E-state index is 12.6. The predicted molar refractivity (Wildman–Crippen MR) is 107 cm³/mol. The van der Waals surface area contributed by atoms with Gasteiger partial charge in [-0.15, -0.1) is 10.2 Å². The largest absolute Gasteiger partial charge is 0.354 e. The molecule has 1 amide bonds. The number of nitrogens with zero attached hydrogens (tertiary/aromatic N) is 5. The summed E-state index contributed by atoms with van der Waals surface area (Å²) in [4.78, 5) is 18.8. The molecule has 1 atom stereocenters. The number of benzene rings is 1. The van der Waals surface area contributed by atoms with Crippen molar-refractivity contribution in [1.29, 1.82) is 0 Å². The highest BCUT2D eigenvalue weighted by Gasteiger charge is 2.26. The highest BCUT2D eigenvalue weighted by Crippen LogP contribution is 2.22. The number of nitrogens with one attached hydrogen (secondary N) is 1. The lowest BCUT2D eigenvalue weighted by molar-refractivity contribution is -0.125. The lowest BCUT2D eigenvalue weighted by atomic mass is 9.97. The molecule has 144 valence electrons. The van der Waals surface area contributed by atoms with Gasteiger partial charge < -0.3 is 10.2 Å². The molecule has 0 bridgehead atoms. The number of hydrogen-bond donors (Lipinski definition) is 1. The smallest absolute Gasteiger partial charge is 0.225 e. The van der Waals surface area contributed by atoms with E-state index >= 15 is 0 Å². The van der Waals surface area contributed by atoms with Crippen molar-refractivity contribution in [3.8, 4) is 5.82 Å². The summed E-state index contributed by atoms with van der Waals surface area (Å²) in [7, 11) is 0. The Bertz CT molecular complexity index is 905. The first kappa shape index (κ1) is 18.2. The summed E-state index contributed by atoms with van der Waals surface area (Å²) in [6.45, 7) is 4.18. The average molecular weight is 376 g/mol. The van der Waals surface area contributed by atoms with Crippen LogP contribution in [0.25, 0.3) is 5.82 Å². The molecule has 1 fully saturated rings. The zero-order valence-corrected chi connectivity index (χ0v) is 16.0. The van der Waals surface area contributed by atoms with Gasteiger partial charge in [0.25, 0.3) is 0 Å². The minimum Gasteiger partial charge on any atom is -0.354 e. The normalized spacial score (nSPS) is 16.8. The molecule has 3 aromatic rings. The van der Waals surface area contributed by atoms with E-state index in [1.165, 1.54) is 5.56 Å². The third kappa shape index (κ3) is 4.19. The topological polar surface area (TPSA) is 75.9 Å². The highest BCUT2D eigenvalue weighted by atomic mass is 16.1. The Morgan fingerprint density at radius 1 is 1.14 bits per heavy atom. The van der Waals surface area contributed by atoms with Crippen LogP contribution in [-0.4, -0.2) is 38.7 Å². The second-order valence-electron chi connectivity index (χ2n) is 7.21. The van der Waals surface area contributed by atoms with Crippen LogP contribution in [0.1, 0.15) is 24.0 Å². The average Bonchev–Trinajstić information content (AvgIpc) is 3.28. The molecule has 0 spiro atoms. The maximum atomic E-state index is 12.6. The molecule has 3 heterocycles. The Morgan fingerprint density at radius 3 is 2.64 bits per heavy atom. The fourth-order valence-corrected chi connectivity index (χ4v) is 3.46. The van der Waals surface area contributed by atoms with Crippen LogP contribution in [0.4, 0.5) is 5.82 Å². The molecule has 0 aliphatic carbocycles. The number of carbonyl (C=O) groups is 1. The Kier molecular flexibility index (Phi) is 5.32. The van der Waals surface area contributed by atoms with Crippen molar-refractivity contribution in [3.63, 3.8) is 0 Å². The van der Waals surface area contributed by atoms with Crippen LogP contribution < -0.4 is 10.2 Å². The van der Waals surface area contributed by atoms with E-state index in [1.54, 1.807) is 12.5 Å². The van der Waals surface area contributed by atoms with Gasteiger partial charge in [-0.25, -0.2) is 4.98 Å². The van der Waals surface area contributed by atoms with Crippen LogP contribution in [0.3, 0.4) is 0 Å². The number of rotatable bonds is 5. The van der Waals surface area contributed by atoms with Gasteiger partial charge in [-0.2, -0.15) is 0 Å². The second-order valence-corrected chi connectivity index (χ2v) is 7.21. The number of anilines is 1. The molecule has 7 nitrogen and oxygen atoms in total. The zero-order valence-electron chi connectivity index (χ0n) is 16.0. The Labute approximate surface area is 164 Å². The molecule has 0 radical (unpaired) electrons. The summed E-state index contributed by atoms with van der Waals surface area (Å²) in [5, 5.41) is 11.7. The van der Waals surface area contributed by atoms with Crippen molar-refractivity contribution in [3.05, 3.63) is 66.2 Å². The van der Waals surface area contributed by atoms with Gasteiger partial charge in [0.05, 0.1) is 5.92 Å². The first-order chi connectivity index (χ1) is 13.7. The molecule has 4 rings (SSSR count). The van der Waals surface area contributed by atoms with Crippen molar-refractivity contribution >= 4 is 11.7 Å². The van der Waals surface area contributed by atoms with Gasteiger partial charge in [-0.1, -0.05) is 29.8 Å². The summed E-state index contributed by atoms with van der Waals surface area (Å²) in [5.74, 6) is 1.60. The van der Waals surface area contributed by atoms with Gasteiger partial charge >= 0.3 is 0 Å². The van der Waals surface area contributed by atoms with Crippen LogP contribution in [0.2, 0.25) is 0 Å². The Balaban J connectivity index is 1.35. The molecule has 0 saturated carbocycles. The van der Waals surface area contributed by atoms with E-state index in [-0.39, 0.29) is 11.8 Å². The van der Waals surface area contributed by atoms with E-state index < -0.39 is 0 Å². The van der Waals surface area contributed by atoms with Crippen LogP contribution >= 0.6 is 0 Å². The third-order valence-corrected chi connectivity index (χ3v) is 5.11. The summed E-state index contributed by atoms with van der Waals surface area (Å²) in [6.07, 6.45) is 7.10. The molecule has 1 unspecified atom stereocenters. The fourth-order valence-electron chi connectivity index (χ4n) is 3.46. The molecule has 1 saturated heterocycles. The van der Waals surface area contributed by atoms with Crippen LogP contribution in [0.15, 0.2) is 55.1 Å². The molecular formula is C21H24N6O. The first-order valence-electron chi connectivity index (χ1n) is 9.59. The maximum Gasteiger partial charge on any atom is 0.225 e. The third-order valence-electron chi connectivity index (χ3n) is 5.11. The summed E-state index contributed by atoms with van der Waals surface area (Å²) in [5.41, 5.74) is 2.34. The Hall–Kier alpha value is -3.22. The lowest BCUT2D eigenvalue weighted by Crippen LogP contribution is -2.43. The molecule has 1 aliphatic heterocycles. The number of hydrogen-bond acceptors (Lipinski definition) is 5. The number of amides is 1. The van der Waals surface area contributed by atoms with E-state index in [0.29, 0.717) is 13.1 Å². The summed E-state index contributed by atoms with van der Waals surface area (Å²) in [6, 6.07) is 12.1. The van der Waals surface area contributed by atoms with Gasteiger partial charge in [0.1, 0.15) is 6.33 Å². The minimum absolute atomic E-state index is 0.0330. The number of imidazole rings is 1. The van der Waals surface area contributed by atoms with Gasteiger partial charge in [-0.3, -0.25) is 9.36 Å². The number of piperidine rings is 1. The zero-order chi connectivity index (χ0) is 19.3. The summed E-state index contributed by atoms with van der Waals surface area (Å²) >= 11 is 0. The Morgan fingerprint density at radius 2 is 1.93 bits per heavy atom. The van der Waals surface area contributed by atoms with Crippen molar-refractivity contribution < 1.29 is 4.79 Å². The number of carbonyl (C=O) groups excluding carboxylic acids is 1. The molecule has 1 aliphatic rings. The molecule has 28 heavy (non-hydrogen) atoms. The number of aryl methyl sites for hydroxylation is 1. The quantitative estimate of drug-likeness (QED) is 0.740. The molecule has 7 heteroatoms. The fraction of sp³-hybridized carbons (Fsp3) is 0.333. The van der Waals surface area contributed by atoms with Crippen molar-refractivity contribution in [2.24, 2.45) is 5.92 Å². The van der Waals surface area contributed by atoms with E-state index in [2.05, 4.69) is 56.6 Å². The first-order valence-corrected chi connectivity index (χ1v) is 9.59. The van der Waals surface area contributed by atoms with Crippen LogP contribution in [0.5, 0.6) is 0 Å². The van der Waals surface area contributed by atoms with Crippen LogP contribution in [0, 0.1) is 12.8 Å².